The molecule has 0 saturated carbocycles. The lowest BCUT2D eigenvalue weighted by Gasteiger charge is -2.19. The molecule has 0 fully saturated rings. The number of nitrogens with zero attached hydrogens (tertiary/aromatic N) is 1. The predicted octanol–water partition coefficient (Wildman–Crippen LogP) is 4.07. The summed E-state index contributed by atoms with van der Waals surface area (Å²) in [7, 11) is 2.07. The van der Waals surface area contributed by atoms with Gasteiger partial charge in [-0.1, -0.05) is 26.7 Å². The van der Waals surface area contributed by atoms with E-state index in [1.807, 2.05) is 12.1 Å². The fraction of sp³-hybridized carbons (Fsp3) is 0.647. The fourth-order valence-corrected chi connectivity index (χ4v) is 2.17. The zero-order chi connectivity index (χ0) is 14.8. The van der Waals surface area contributed by atoms with Gasteiger partial charge in [-0.3, -0.25) is 0 Å². The van der Waals surface area contributed by atoms with E-state index in [4.69, 9.17) is 0 Å². The molecule has 0 heterocycles. The molecule has 20 heavy (non-hydrogen) atoms. The van der Waals surface area contributed by atoms with Gasteiger partial charge in [-0.15, -0.1) is 0 Å². The van der Waals surface area contributed by atoms with Crippen molar-refractivity contribution >= 4 is 5.69 Å². The fourth-order valence-electron chi connectivity index (χ4n) is 2.17. The van der Waals surface area contributed by atoms with Gasteiger partial charge < -0.3 is 10.2 Å². The van der Waals surface area contributed by atoms with Gasteiger partial charge in [0.15, 0.2) is 0 Å². The molecule has 1 rings (SSSR count). The molecule has 3 heteroatoms. The van der Waals surface area contributed by atoms with Crippen LogP contribution < -0.4 is 10.2 Å². The van der Waals surface area contributed by atoms with Crippen molar-refractivity contribution < 1.29 is 4.39 Å². The van der Waals surface area contributed by atoms with Gasteiger partial charge in [-0.2, -0.15) is 0 Å². The number of unbranched alkanes of at least 4 members (excludes halogenated alkanes) is 3. The highest BCUT2D eigenvalue weighted by Crippen LogP contribution is 2.14. The van der Waals surface area contributed by atoms with Crippen LogP contribution in [0.1, 0.15) is 39.5 Å². The first-order chi connectivity index (χ1) is 9.59. The third-order valence-electron chi connectivity index (χ3n) is 3.42. The summed E-state index contributed by atoms with van der Waals surface area (Å²) < 4.78 is 12.8. The molecular formula is C17H29FN2. The number of hydrogen-bond donors (Lipinski definition) is 1. The maximum absolute atomic E-state index is 12.8. The van der Waals surface area contributed by atoms with Crippen molar-refractivity contribution in [3.05, 3.63) is 30.1 Å². The number of halogens is 1. The summed E-state index contributed by atoms with van der Waals surface area (Å²) in [6, 6.07) is 6.72. The zero-order valence-electron chi connectivity index (χ0n) is 13.2. The highest BCUT2D eigenvalue weighted by Gasteiger charge is 2.00. The minimum absolute atomic E-state index is 0.170. The maximum atomic E-state index is 12.8. The second-order valence-corrected chi connectivity index (χ2v) is 5.91. The Labute approximate surface area is 123 Å². The van der Waals surface area contributed by atoms with E-state index < -0.39 is 0 Å². The summed E-state index contributed by atoms with van der Waals surface area (Å²) >= 11 is 0. The standard InChI is InChI=1S/C17H29FN2/c1-15(2)14-19-12-6-4-5-7-13-20(3)17-10-8-16(18)9-11-17/h8-11,15,19H,4-7,12-14H2,1-3H3. The van der Waals surface area contributed by atoms with Crippen LogP contribution in [-0.2, 0) is 0 Å². The highest BCUT2D eigenvalue weighted by molar-refractivity contribution is 5.45. The van der Waals surface area contributed by atoms with E-state index in [2.05, 4.69) is 31.1 Å². The highest BCUT2D eigenvalue weighted by atomic mass is 19.1. The molecule has 0 saturated heterocycles. The van der Waals surface area contributed by atoms with Crippen LogP contribution in [0.2, 0.25) is 0 Å². The van der Waals surface area contributed by atoms with Crippen molar-refractivity contribution in [2.45, 2.75) is 39.5 Å². The molecule has 1 aromatic carbocycles. The molecule has 2 nitrogen and oxygen atoms in total. The number of nitrogens with one attached hydrogen (secondary N) is 1. The Balaban J connectivity index is 2.02. The molecule has 0 aromatic heterocycles. The van der Waals surface area contributed by atoms with E-state index in [1.165, 1.54) is 37.8 Å². The first-order valence-corrected chi connectivity index (χ1v) is 7.77. The van der Waals surface area contributed by atoms with E-state index >= 15 is 0 Å². The molecule has 0 atom stereocenters. The average Bonchev–Trinajstić information content (AvgIpc) is 2.42. The SMILES string of the molecule is CC(C)CNCCCCCCN(C)c1ccc(F)cc1. The summed E-state index contributed by atoms with van der Waals surface area (Å²) in [5, 5.41) is 3.47. The van der Waals surface area contributed by atoms with E-state index in [9.17, 15) is 4.39 Å². The summed E-state index contributed by atoms with van der Waals surface area (Å²) in [6.45, 7) is 7.75. The van der Waals surface area contributed by atoms with Crippen LogP contribution in [0, 0.1) is 11.7 Å². The van der Waals surface area contributed by atoms with Gasteiger partial charge in [-0.25, -0.2) is 4.39 Å². The Bertz CT molecular complexity index is 349. The monoisotopic (exact) mass is 280 g/mol. The minimum Gasteiger partial charge on any atom is -0.375 e. The Morgan fingerprint density at radius 2 is 1.70 bits per heavy atom. The quantitative estimate of drug-likeness (QED) is 0.650. The Morgan fingerprint density at radius 1 is 1.05 bits per heavy atom. The van der Waals surface area contributed by atoms with Crippen LogP contribution >= 0.6 is 0 Å². The summed E-state index contributed by atoms with van der Waals surface area (Å²) in [4.78, 5) is 2.19. The maximum Gasteiger partial charge on any atom is 0.123 e. The molecule has 1 N–H and O–H groups in total. The van der Waals surface area contributed by atoms with Gasteiger partial charge in [0.05, 0.1) is 0 Å². The first kappa shape index (κ1) is 17.0. The second-order valence-electron chi connectivity index (χ2n) is 5.91. The molecule has 0 amide bonds. The molecule has 114 valence electrons. The molecule has 0 aliphatic carbocycles. The summed E-state index contributed by atoms with van der Waals surface area (Å²) in [5.41, 5.74) is 1.09. The van der Waals surface area contributed by atoms with E-state index in [-0.39, 0.29) is 5.82 Å². The molecule has 0 aliphatic rings. The van der Waals surface area contributed by atoms with E-state index in [1.54, 1.807) is 0 Å². The lowest BCUT2D eigenvalue weighted by molar-refractivity contribution is 0.526. The van der Waals surface area contributed by atoms with Crippen molar-refractivity contribution in [3.63, 3.8) is 0 Å². The van der Waals surface area contributed by atoms with Crippen molar-refractivity contribution in [1.29, 1.82) is 0 Å². The lowest BCUT2D eigenvalue weighted by Crippen LogP contribution is -2.21. The van der Waals surface area contributed by atoms with Crippen LogP contribution in [0.4, 0.5) is 10.1 Å². The molecule has 1 aromatic rings. The van der Waals surface area contributed by atoms with E-state index in [0.717, 1.165) is 31.2 Å². The third kappa shape index (κ3) is 7.49. The number of benzene rings is 1. The summed E-state index contributed by atoms with van der Waals surface area (Å²) in [5.74, 6) is 0.565. The van der Waals surface area contributed by atoms with Crippen molar-refractivity contribution in [3.8, 4) is 0 Å². The molecular weight excluding hydrogens is 251 g/mol. The third-order valence-corrected chi connectivity index (χ3v) is 3.42. The Hall–Kier alpha value is -1.09. The number of anilines is 1. The van der Waals surface area contributed by atoms with Crippen LogP contribution in [-0.4, -0.2) is 26.7 Å². The van der Waals surface area contributed by atoms with Gasteiger partial charge in [0, 0.05) is 19.3 Å². The molecule has 0 spiro atoms. The second kappa shape index (κ2) is 9.76. The molecule has 0 radical (unpaired) electrons. The minimum atomic E-state index is -0.170. The molecule has 0 unspecified atom stereocenters. The van der Waals surface area contributed by atoms with Gasteiger partial charge in [0.2, 0.25) is 0 Å². The molecule has 0 aliphatic heterocycles. The van der Waals surface area contributed by atoms with Crippen LogP contribution in [0.5, 0.6) is 0 Å². The topological polar surface area (TPSA) is 15.3 Å². The van der Waals surface area contributed by atoms with Gasteiger partial charge in [0.1, 0.15) is 5.82 Å². The van der Waals surface area contributed by atoms with Crippen LogP contribution in [0.15, 0.2) is 24.3 Å². The zero-order valence-corrected chi connectivity index (χ0v) is 13.2. The number of rotatable bonds is 10. The normalized spacial score (nSPS) is 11.1. The van der Waals surface area contributed by atoms with Gasteiger partial charge in [-0.05, 0) is 56.1 Å². The van der Waals surface area contributed by atoms with E-state index in [0.29, 0.717) is 0 Å². The van der Waals surface area contributed by atoms with Crippen molar-refractivity contribution in [2.75, 3.05) is 31.6 Å². The van der Waals surface area contributed by atoms with Crippen LogP contribution in [0.3, 0.4) is 0 Å². The van der Waals surface area contributed by atoms with Gasteiger partial charge >= 0.3 is 0 Å². The largest absolute Gasteiger partial charge is 0.375 e. The Kier molecular flexibility index (Phi) is 8.28. The van der Waals surface area contributed by atoms with Gasteiger partial charge in [0.25, 0.3) is 0 Å². The smallest absolute Gasteiger partial charge is 0.123 e. The predicted molar refractivity (Wildman–Crippen MR) is 85.8 cm³/mol. The van der Waals surface area contributed by atoms with Crippen molar-refractivity contribution in [1.82, 2.24) is 5.32 Å². The first-order valence-electron chi connectivity index (χ1n) is 7.77. The summed E-state index contributed by atoms with van der Waals surface area (Å²) in [6.07, 6.45) is 4.99. The molecule has 0 bridgehead atoms. The average molecular weight is 280 g/mol. The number of hydrogen-bond acceptors (Lipinski definition) is 2. The van der Waals surface area contributed by atoms with Crippen LogP contribution in [0.25, 0.3) is 0 Å². The van der Waals surface area contributed by atoms with Crippen molar-refractivity contribution in [2.24, 2.45) is 5.92 Å². The lowest BCUT2D eigenvalue weighted by atomic mass is 10.1. The Morgan fingerprint density at radius 3 is 2.35 bits per heavy atom.